The van der Waals surface area contributed by atoms with Gasteiger partial charge in [-0.3, -0.25) is 24.9 Å². The molecule has 6 aromatic rings. The number of thiazole rings is 2. The molecule has 228 valence electrons. The van der Waals surface area contributed by atoms with E-state index in [0.717, 1.165) is 22.5 Å². The number of amides is 2. The van der Waals surface area contributed by atoms with Crippen LogP contribution in [0, 0.1) is 0 Å². The molecule has 0 aliphatic rings. The van der Waals surface area contributed by atoms with Crippen molar-refractivity contribution in [3.05, 3.63) is 120 Å². The lowest BCUT2D eigenvalue weighted by Crippen LogP contribution is -2.19. The molecule has 0 saturated heterocycles. The van der Waals surface area contributed by atoms with Crippen LogP contribution in [0.5, 0.6) is 11.5 Å². The smallest absolute Gasteiger partial charge is 0.264 e. The van der Waals surface area contributed by atoms with Gasteiger partial charge in [0.1, 0.15) is 17.4 Å². The predicted molar refractivity (Wildman–Crippen MR) is 179 cm³/mol. The topological polar surface area (TPSA) is 139 Å². The normalized spacial score (nSPS) is 9.89. The molecule has 0 bridgehead atoms. The average molecular weight is 659 g/mol. The maximum Gasteiger partial charge on any atom is 0.264 e. The highest BCUT2D eigenvalue weighted by molar-refractivity contribution is 7.14. The third-order valence-electron chi connectivity index (χ3n) is 5.44. The van der Waals surface area contributed by atoms with E-state index in [-0.39, 0.29) is 24.3 Å². The quantitative estimate of drug-likeness (QED) is 0.149. The summed E-state index contributed by atoms with van der Waals surface area (Å²) in [6.45, 7) is -0.0474. The maximum absolute atomic E-state index is 11.9. The number of carbonyl (C=O) groups is 2. The van der Waals surface area contributed by atoms with Crippen molar-refractivity contribution in [1.29, 1.82) is 0 Å². The first-order chi connectivity index (χ1) is 22.0. The van der Waals surface area contributed by atoms with Gasteiger partial charge in [-0.25, -0.2) is 9.97 Å². The van der Waals surface area contributed by atoms with E-state index in [0.29, 0.717) is 21.8 Å². The number of ether oxygens (including phenoxy) is 1. The summed E-state index contributed by atoms with van der Waals surface area (Å²) in [7, 11) is 0. The van der Waals surface area contributed by atoms with Crippen molar-refractivity contribution in [3.8, 4) is 34.0 Å². The SMILES string of the molecule is O=C(CCl)Nc1nc(-c2ccncc2)cs1.O=C(COc1ccccc1)Nc1nc(-c2ccncc2)cs1.Oc1ccccc1. The number of aromatic hydroxyl groups is 1. The van der Waals surface area contributed by atoms with Crippen molar-refractivity contribution < 1.29 is 19.4 Å². The number of carbonyl (C=O) groups excluding carboxylic acids is 2. The molecule has 6 rings (SSSR count). The van der Waals surface area contributed by atoms with E-state index in [4.69, 9.17) is 21.4 Å². The van der Waals surface area contributed by atoms with Gasteiger partial charge in [-0.15, -0.1) is 34.3 Å². The molecular weight excluding hydrogens is 632 g/mol. The largest absolute Gasteiger partial charge is 0.508 e. The minimum absolute atomic E-state index is 0.0474. The van der Waals surface area contributed by atoms with Crippen LogP contribution in [0.3, 0.4) is 0 Å². The Labute approximate surface area is 272 Å². The lowest BCUT2D eigenvalue weighted by atomic mass is 10.2. The Kier molecular flexibility index (Phi) is 13.0. The lowest BCUT2D eigenvalue weighted by molar-refractivity contribution is -0.118. The van der Waals surface area contributed by atoms with Crippen LogP contribution in [-0.2, 0) is 9.59 Å². The highest BCUT2D eigenvalue weighted by Gasteiger charge is 2.09. The lowest BCUT2D eigenvalue weighted by Gasteiger charge is -2.05. The van der Waals surface area contributed by atoms with Gasteiger partial charge in [0.25, 0.3) is 5.91 Å². The van der Waals surface area contributed by atoms with Crippen molar-refractivity contribution in [2.45, 2.75) is 0 Å². The number of nitrogens with one attached hydrogen (secondary N) is 2. The van der Waals surface area contributed by atoms with Gasteiger partial charge in [0.05, 0.1) is 11.4 Å². The zero-order chi connectivity index (χ0) is 31.7. The zero-order valence-electron chi connectivity index (χ0n) is 23.6. The molecule has 13 heteroatoms. The van der Waals surface area contributed by atoms with E-state index in [2.05, 4.69) is 30.6 Å². The number of pyridine rings is 2. The molecule has 10 nitrogen and oxygen atoms in total. The molecule has 0 unspecified atom stereocenters. The Hall–Kier alpha value is -5.17. The number of rotatable bonds is 8. The molecule has 0 aliphatic carbocycles. The number of anilines is 2. The number of para-hydroxylation sites is 2. The minimum Gasteiger partial charge on any atom is -0.508 e. The van der Waals surface area contributed by atoms with Crippen LogP contribution in [0.2, 0.25) is 0 Å². The number of halogens is 1. The van der Waals surface area contributed by atoms with Crippen molar-refractivity contribution in [2.24, 2.45) is 0 Å². The molecule has 0 aliphatic heterocycles. The molecule has 0 fully saturated rings. The standard InChI is InChI=1S/C16H13N3O2S.C10H8ClN3OS.C6H6O/c20-15(10-21-13-4-2-1-3-5-13)19-16-18-14(11-22-16)12-6-8-17-9-7-12;11-5-9(15)14-10-13-8(6-16-10)7-1-3-12-4-2-7;7-6-4-2-1-3-5-6/h1-9,11H,10H2,(H,18,19,20);1-4,6H,5H2,(H,13,14,15);1-5,7H. The Morgan fingerprint density at radius 3 is 1.60 bits per heavy atom. The molecule has 0 radical (unpaired) electrons. The number of alkyl halides is 1. The number of phenols is 1. The average Bonchev–Trinajstić information content (AvgIpc) is 3.76. The van der Waals surface area contributed by atoms with Crippen LogP contribution in [0.1, 0.15) is 0 Å². The summed E-state index contributed by atoms with van der Waals surface area (Å²) in [4.78, 5) is 39.4. The van der Waals surface area contributed by atoms with Gasteiger partial charge in [-0.05, 0) is 48.5 Å². The van der Waals surface area contributed by atoms with Gasteiger partial charge >= 0.3 is 0 Å². The number of nitrogens with zero attached hydrogens (tertiary/aromatic N) is 4. The third kappa shape index (κ3) is 11.4. The number of benzene rings is 2. The van der Waals surface area contributed by atoms with Gasteiger partial charge in [-0.2, -0.15) is 0 Å². The molecule has 3 N–H and O–H groups in total. The summed E-state index contributed by atoms with van der Waals surface area (Å²) < 4.78 is 5.39. The minimum atomic E-state index is -0.253. The zero-order valence-corrected chi connectivity index (χ0v) is 26.0. The van der Waals surface area contributed by atoms with Crippen molar-refractivity contribution in [3.63, 3.8) is 0 Å². The molecule has 2 amide bonds. The van der Waals surface area contributed by atoms with Crippen LogP contribution < -0.4 is 15.4 Å². The highest BCUT2D eigenvalue weighted by atomic mass is 35.5. The molecule has 4 heterocycles. The molecule has 2 aromatic carbocycles. The summed E-state index contributed by atoms with van der Waals surface area (Å²) in [5.41, 5.74) is 3.56. The van der Waals surface area contributed by atoms with Crippen LogP contribution in [-0.4, -0.2) is 49.3 Å². The number of phenolic OH excluding ortho intramolecular Hbond substituents is 1. The molecular formula is C32H27ClN6O4S2. The maximum atomic E-state index is 11.9. The molecule has 0 spiro atoms. The van der Waals surface area contributed by atoms with E-state index >= 15 is 0 Å². The predicted octanol–water partition coefficient (Wildman–Crippen LogP) is 7.00. The van der Waals surface area contributed by atoms with Gasteiger partial charge in [0.2, 0.25) is 5.91 Å². The first-order valence-corrected chi connectivity index (χ1v) is 15.6. The van der Waals surface area contributed by atoms with Crippen molar-refractivity contribution >= 4 is 56.4 Å². The van der Waals surface area contributed by atoms with E-state index < -0.39 is 0 Å². The Balaban J connectivity index is 0.000000174. The van der Waals surface area contributed by atoms with E-state index in [1.165, 1.54) is 22.7 Å². The highest BCUT2D eigenvalue weighted by Crippen LogP contribution is 2.25. The number of aromatic nitrogens is 4. The van der Waals surface area contributed by atoms with Gasteiger partial charge < -0.3 is 15.2 Å². The second kappa shape index (κ2) is 17.8. The summed E-state index contributed by atoms with van der Waals surface area (Å²) in [6.07, 6.45) is 6.82. The third-order valence-corrected chi connectivity index (χ3v) is 7.20. The van der Waals surface area contributed by atoms with Crippen molar-refractivity contribution in [2.75, 3.05) is 23.1 Å². The fraction of sp³-hybridized carbons (Fsp3) is 0.0625. The van der Waals surface area contributed by atoms with E-state index in [1.807, 2.05) is 59.3 Å². The van der Waals surface area contributed by atoms with Gasteiger partial charge in [0.15, 0.2) is 16.9 Å². The second-order valence-electron chi connectivity index (χ2n) is 8.71. The summed E-state index contributed by atoms with van der Waals surface area (Å²) in [6, 6.07) is 25.4. The Morgan fingerprint density at radius 2 is 1.16 bits per heavy atom. The first kappa shape index (κ1) is 32.7. The summed E-state index contributed by atoms with van der Waals surface area (Å²) in [5.74, 6) is 0.429. The first-order valence-electron chi connectivity index (χ1n) is 13.3. The Bertz CT molecular complexity index is 1740. The van der Waals surface area contributed by atoms with Crippen molar-refractivity contribution in [1.82, 2.24) is 19.9 Å². The summed E-state index contributed by atoms with van der Waals surface area (Å²) >= 11 is 8.12. The van der Waals surface area contributed by atoms with E-state index in [1.54, 1.807) is 61.2 Å². The van der Waals surface area contributed by atoms with E-state index in [9.17, 15) is 9.59 Å². The van der Waals surface area contributed by atoms with Gasteiger partial charge in [-0.1, -0.05) is 36.4 Å². The van der Waals surface area contributed by atoms with Crippen LogP contribution in [0.15, 0.2) is 120 Å². The summed E-state index contributed by atoms with van der Waals surface area (Å²) in [5, 5.41) is 18.8. The molecule has 0 saturated carbocycles. The molecule has 0 atom stereocenters. The fourth-order valence-electron chi connectivity index (χ4n) is 3.37. The Morgan fingerprint density at radius 1 is 0.689 bits per heavy atom. The number of hydrogen-bond donors (Lipinski definition) is 3. The van der Waals surface area contributed by atoms with Gasteiger partial charge in [0, 0.05) is 46.7 Å². The van der Waals surface area contributed by atoms with Crippen LogP contribution in [0.4, 0.5) is 10.3 Å². The molecule has 4 aromatic heterocycles. The number of hydrogen-bond acceptors (Lipinski definition) is 10. The molecule has 45 heavy (non-hydrogen) atoms. The second-order valence-corrected chi connectivity index (χ2v) is 10.7. The monoisotopic (exact) mass is 658 g/mol. The van der Waals surface area contributed by atoms with Crippen LogP contribution in [0.25, 0.3) is 22.5 Å². The fourth-order valence-corrected chi connectivity index (χ4v) is 4.91. The van der Waals surface area contributed by atoms with Crippen LogP contribution >= 0.6 is 34.3 Å².